The maximum Gasteiger partial charge on any atom is 0.327 e. The van der Waals surface area contributed by atoms with Crippen LogP contribution in [0.4, 0.5) is 0 Å². The molecule has 7 rings (SSSR count). The van der Waals surface area contributed by atoms with Gasteiger partial charge in [0.15, 0.2) is 0 Å². The number of nitrogens with one attached hydrogen (secondary N) is 1. The number of thioether (sulfide) groups is 1. The van der Waals surface area contributed by atoms with Crippen molar-refractivity contribution in [3.63, 3.8) is 0 Å². The van der Waals surface area contributed by atoms with Crippen molar-refractivity contribution in [1.82, 2.24) is 9.88 Å². The Morgan fingerprint density at radius 2 is 1.70 bits per heavy atom. The number of benzene rings is 2. The van der Waals surface area contributed by atoms with E-state index in [1.165, 1.54) is 11.3 Å². The number of rotatable bonds is 6. The number of hydrogen-bond acceptors (Lipinski definition) is 7. The normalized spacial score (nSPS) is 30.8. The topological polar surface area (TPSA) is 117 Å². The summed E-state index contributed by atoms with van der Waals surface area (Å²) in [5.74, 6) is -2.11. The van der Waals surface area contributed by atoms with Crippen LogP contribution in [0.3, 0.4) is 0 Å². The van der Waals surface area contributed by atoms with Crippen molar-refractivity contribution < 1.29 is 24.2 Å². The fraction of sp³-hybridized carbons (Fsp3) is 0.400. The van der Waals surface area contributed by atoms with Gasteiger partial charge in [0.25, 0.3) is 0 Å². The summed E-state index contributed by atoms with van der Waals surface area (Å²) in [6.45, 7) is 3.46. The van der Waals surface area contributed by atoms with Crippen LogP contribution in [0.25, 0.3) is 0 Å². The predicted molar refractivity (Wildman–Crippen MR) is 150 cm³/mol. The van der Waals surface area contributed by atoms with Crippen molar-refractivity contribution in [1.29, 1.82) is 0 Å². The van der Waals surface area contributed by atoms with Crippen LogP contribution < -0.4 is 9.61 Å². The van der Waals surface area contributed by atoms with Gasteiger partial charge < -0.3 is 14.8 Å². The van der Waals surface area contributed by atoms with Gasteiger partial charge in [-0.25, -0.2) is 4.79 Å². The number of thiazole rings is 1. The van der Waals surface area contributed by atoms with Crippen LogP contribution in [0.1, 0.15) is 36.6 Å². The third kappa shape index (κ3) is 3.72. The summed E-state index contributed by atoms with van der Waals surface area (Å²) in [5, 5.41) is 10.8. The van der Waals surface area contributed by atoms with Gasteiger partial charge in [0.2, 0.25) is 11.8 Å². The summed E-state index contributed by atoms with van der Waals surface area (Å²) >= 11 is 2.82. The van der Waals surface area contributed by atoms with Gasteiger partial charge in [0.1, 0.15) is 17.5 Å². The monoisotopic (exact) mass is 576 g/mol. The Bertz CT molecular complexity index is 1580. The highest BCUT2D eigenvalue weighted by Gasteiger charge is 2.70. The smallest absolute Gasteiger partial charge is 0.327 e. The number of carbonyl (C=O) groups excluding carboxylic acids is 2. The number of aliphatic carboxylic acids is 1. The molecule has 0 spiro atoms. The maximum absolute atomic E-state index is 13.8. The van der Waals surface area contributed by atoms with Crippen molar-refractivity contribution in [3.05, 3.63) is 74.7 Å². The largest absolute Gasteiger partial charge is 0.480 e. The first kappa shape index (κ1) is 25.6. The van der Waals surface area contributed by atoms with Gasteiger partial charge in [0, 0.05) is 16.0 Å². The van der Waals surface area contributed by atoms with E-state index in [-0.39, 0.29) is 45.6 Å². The van der Waals surface area contributed by atoms with Crippen LogP contribution in [0.2, 0.25) is 0 Å². The molecule has 2 N–H and O–H groups in total. The van der Waals surface area contributed by atoms with Gasteiger partial charge in [-0.1, -0.05) is 55.5 Å². The molecule has 2 bridgehead atoms. The summed E-state index contributed by atoms with van der Waals surface area (Å²) in [7, 11) is 0. The minimum Gasteiger partial charge on any atom is -0.480 e. The van der Waals surface area contributed by atoms with Gasteiger partial charge >= 0.3 is 10.8 Å². The van der Waals surface area contributed by atoms with E-state index in [2.05, 4.69) is 4.98 Å². The average molecular weight is 577 g/mol. The summed E-state index contributed by atoms with van der Waals surface area (Å²) in [4.78, 5) is 57.1. The van der Waals surface area contributed by atoms with Crippen molar-refractivity contribution in [3.8, 4) is 11.5 Å². The highest BCUT2D eigenvalue weighted by molar-refractivity contribution is 8.00. The molecule has 8 atom stereocenters. The van der Waals surface area contributed by atoms with Crippen LogP contribution in [0.15, 0.2) is 64.4 Å². The number of para-hydroxylation sites is 1. The number of H-pyrrole nitrogens is 1. The summed E-state index contributed by atoms with van der Waals surface area (Å²) in [5.41, 5.74) is 1.00. The van der Waals surface area contributed by atoms with E-state index in [4.69, 9.17) is 4.74 Å². The van der Waals surface area contributed by atoms with E-state index in [1.54, 1.807) is 25.6 Å². The van der Waals surface area contributed by atoms with E-state index in [0.717, 1.165) is 32.5 Å². The fourth-order valence-electron chi connectivity index (χ4n) is 7.78. The standard InChI is InChI=1S/C30H28N2O6S2/c1-13(2)23(29(35)36)32-27(33)21-17-12-18(22(21)28(32)34)24-20(17)19(25-26(39-24)31-30(37)40-25)14-7-6-10-16(11-14)38-15-8-4-3-5-9-15/h3-11,13,17-24H,12H2,1-2H3,(H,31,37)(H,35,36)/t17?,18?,19-,20?,21?,22?,23?,24?/m1/s1. The third-order valence-electron chi connectivity index (χ3n) is 9.12. The van der Waals surface area contributed by atoms with Crippen molar-refractivity contribution in [2.24, 2.45) is 35.5 Å². The van der Waals surface area contributed by atoms with E-state index >= 15 is 0 Å². The molecule has 206 valence electrons. The van der Waals surface area contributed by atoms with Crippen LogP contribution in [0, 0.1) is 35.5 Å². The first-order valence-electron chi connectivity index (χ1n) is 13.6. The van der Waals surface area contributed by atoms with Gasteiger partial charge in [-0.05, 0) is 59.9 Å². The van der Waals surface area contributed by atoms with Crippen molar-refractivity contribution >= 4 is 40.9 Å². The number of nitrogens with zero attached hydrogens (tertiary/aromatic N) is 1. The van der Waals surface area contributed by atoms with Crippen LogP contribution >= 0.6 is 23.1 Å². The number of amides is 2. The molecule has 3 heterocycles. The number of imide groups is 1. The number of carboxylic acids is 1. The zero-order chi connectivity index (χ0) is 27.9. The van der Waals surface area contributed by atoms with Crippen LogP contribution in [-0.4, -0.2) is 44.1 Å². The minimum absolute atomic E-state index is 0.0289. The molecule has 10 heteroatoms. The Balaban J connectivity index is 1.29. The van der Waals surface area contributed by atoms with Gasteiger partial charge in [-0.2, -0.15) is 0 Å². The molecule has 40 heavy (non-hydrogen) atoms. The second-order valence-corrected chi connectivity index (χ2v) is 13.7. The number of likely N-dealkylation sites (tertiary alicyclic amines) is 1. The number of ether oxygens (including phenoxy) is 1. The Labute approximate surface area is 238 Å². The second kappa shape index (κ2) is 9.34. The molecule has 7 unspecified atom stereocenters. The molecule has 3 aromatic rings. The number of carbonyl (C=O) groups is 3. The quantitative estimate of drug-likeness (QED) is 0.405. The van der Waals surface area contributed by atoms with Crippen molar-refractivity contribution in [2.75, 3.05) is 0 Å². The highest BCUT2D eigenvalue weighted by Crippen LogP contribution is 2.68. The van der Waals surface area contributed by atoms with Gasteiger partial charge in [-0.3, -0.25) is 19.3 Å². The molecule has 2 aliphatic carbocycles. The average Bonchev–Trinajstić information content (AvgIpc) is 3.65. The molecule has 2 saturated carbocycles. The van der Waals surface area contributed by atoms with Crippen LogP contribution in [0.5, 0.6) is 11.5 Å². The lowest BCUT2D eigenvalue weighted by Crippen LogP contribution is -2.49. The molecule has 1 saturated heterocycles. The summed E-state index contributed by atoms with van der Waals surface area (Å²) in [6.07, 6.45) is 0.748. The second-order valence-electron chi connectivity index (χ2n) is 11.5. The Hall–Kier alpha value is -3.37. The van der Waals surface area contributed by atoms with E-state index < -0.39 is 29.8 Å². The molecule has 2 aliphatic heterocycles. The molecule has 8 nitrogen and oxygen atoms in total. The molecular weight excluding hydrogens is 548 g/mol. The first-order chi connectivity index (χ1) is 19.2. The lowest BCUT2D eigenvalue weighted by atomic mass is 9.68. The molecular formula is C30H28N2O6S2. The highest BCUT2D eigenvalue weighted by atomic mass is 32.2. The number of carboxylic acid groups (broad SMARTS) is 1. The van der Waals surface area contributed by atoms with Crippen LogP contribution in [-0.2, 0) is 14.4 Å². The lowest BCUT2D eigenvalue weighted by molar-refractivity contribution is -0.157. The van der Waals surface area contributed by atoms with E-state index in [9.17, 15) is 24.3 Å². The van der Waals surface area contributed by atoms with E-state index in [1.807, 2.05) is 54.6 Å². The predicted octanol–water partition coefficient (Wildman–Crippen LogP) is 4.81. The Morgan fingerprint density at radius 3 is 2.40 bits per heavy atom. The summed E-state index contributed by atoms with van der Waals surface area (Å²) in [6, 6.07) is 16.3. The molecule has 3 fully saturated rings. The Morgan fingerprint density at radius 1 is 1.00 bits per heavy atom. The SMILES string of the molecule is CC(C)C(C(=O)O)N1C(=O)C2C3CC(C2C1=O)C1C3Sc2[nH]c(=O)sc2[C@@H]1c1cccc(Oc2ccccc2)c1. The Kier molecular flexibility index (Phi) is 5.98. The lowest BCUT2D eigenvalue weighted by Gasteiger charge is -2.43. The molecule has 0 radical (unpaired) electrons. The first-order valence-corrected chi connectivity index (χ1v) is 15.3. The molecule has 2 amide bonds. The summed E-state index contributed by atoms with van der Waals surface area (Å²) < 4.78 is 6.13. The van der Waals surface area contributed by atoms with Gasteiger partial charge in [0.05, 0.1) is 16.9 Å². The molecule has 1 aromatic heterocycles. The number of aromatic nitrogens is 1. The van der Waals surface area contributed by atoms with Crippen molar-refractivity contribution in [2.45, 2.75) is 42.5 Å². The minimum atomic E-state index is -1.17. The molecule has 2 aromatic carbocycles. The van der Waals surface area contributed by atoms with E-state index in [0.29, 0.717) is 5.75 Å². The number of aromatic amines is 1. The number of hydrogen-bond donors (Lipinski definition) is 2. The molecule has 4 aliphatic rings. The van der Waals surface area contributed by atoms with Gasteiger partial charge in [-0.15, -0.1) is 11.8 Å². The zero-order valence-electron chi connectivity index (χ0n) is 21.9. The number of fused-ring (bicyclic) bond motifs is 9. The zero-order valence-corrected chi connectivity index (χ0v) is 23.5. The maximum atomic E-state index is 13.8. The third-order valence-corrected chi connectivity index (χ3v) is 11.7. The fourth-order valence-corrected chi connectivity index (χ4v) is 10.7.